The van der Waals surface area contributed by atoms with E-state index in [9.17, 15) is 4.79 Å². The molecule has 0 saturated carbocycles. The summed E-state index contributed by atoms with van der Waals surface area (Å²) in [6.45, 7) is 2.03. The number of fused-ring (bicyclic) bond motifs is 1. The largest absolute Gasteiger partial charge is 0.307 e. The van der Waals surface area contributed by atoms with Gasteiger partial charge in [0.1, 0.15) is 5.65 Å². The number of nitrogens with one attached hydrogen (secondary N) is 1. The van der Waals surface area contributed by atoms with Crippen molar-refractivity contribution in [3.8, 4) is 0 Å². The Bertz CT molecular complexity index is 455. The standard InChI is InChI=1S/C8H9N3O/c1-2-6-5-9-11-4-3-7(12)10-8(6)11/h3-5H,2H2,1H3,(H,10,12). The molecule has 0 amide bonds. The van der Waals surface area contributed by atoms with Crippen molar-refractivity contribution >= 4 is 5.65 Å². The van der Waals surface area contributed by atoms with E-state index >= 15 is 0 Å². The van der Waals surface area contributed by atoms with Crippen molar-refractivity contribution in [1.29, 1.82) is 0 Å². The summed E-state index contributed by atoms with van der Waals surface area (Å²) in [6.07, 6.45) is 4.31. The summed E-state index contributed by atoms with van der Waals surface area (Å²) in [5, 5.41) is 4.08. The van der Waals surface area contributed by atoms with Crippen LogP contribution in [0.2, 0.25) is 0 Å². The van der Waals surface area contributed by atoms with Crippen molar-refractivity contribution in [2.24, 2.45) is 0 Å². The molecule has 2 aromatic heterocycles. The van der Waals surface area contributed by atoms with Crippen LogP contribution in [0.1, 0.15) is 12.5 Å². The molecule has 0 atom stereocenters. The summed E-state index contributed by atoms with van der Waals surface area (Å²) in [4.78, 5) is 13.7. The van der Waals surface area contributed by atoms with E-state index in [0.717, 1.165) is 17.6 Å². The highest BCUT2D eigenvalue weighted by Gasteiger charge is 2.00. The van der Waals surface area contributed by atoms with Gasteiger partial charge in [-0.15, -0.1) is 0 Å². The number of nitrogens with zero attached hydrogens (tertiary/aromatic N) is 2. The van der Waals surface area contributed by atoms with E-state index in [1.54, 1.807) is 16.9 Å². The fourth-order valence-corrected chi connectivity index (χ4v) is 1.20. The van der Waals surface area contributed by atoms with Crippen LogP contribution >= 0.6 is 0 Å². The van der Waals surface area contributed by atoms with E-state index in [-0.39, 0.29) is 5.56 Å². The Balaban J connectivity index is 2.84. The molecule has 2 rings (SSSR count). The summed E-state index contributed by atoms with van der Waals surface area (Å²) in [5.74, 6) is 0. The highest BCUT2D eigenvalue weighted by molar-refractivity contribution is 5.45. The van der Waals surface area contributed by atoms with Gasteiger partial charge in [-0.05, 0) is 6.42 Å². The maximum absolute atomic E-state index is 11.0. The molecule has 12 heavy (non-hydrogen) atoms. The van der Waals surface area contributed by atoms with Gasteiger partial charge in [0.2, 0.25) is 0 Å². The van der Waals surface area contributed by atoms with E-state index in [0.29, 0.717) is 0 Å². The van der Waals surface area contributed by atoms with E-state index in [4.69, 9.17) is 0 Å². The molecule has 0 unspecified atom stereocenters. The molecular weight excluding hydrogens is 154 g/mol. The topological polar surface area (TPSA) is 50.2 Å². The van der Waals surface area contributed by atoms with E-state index in [2.05, 4.69) is 10.1 Å². The third-order valence-corrected chi connectivity index (χ3v) is 1.86. The quantitative estimate of drug-likeness (QED) is 0.668. The summed E-state index contributed by atoms with van der Waals surface area (Å²) in [7, 11) is 0. The van der Waals surface area contributed by atoms with Gasteiger partial charge >= 0.3 is 0 Å². The van der Waals surface area contributed by atoms with Crippen molar-refractivity contribution in [2.45, 2.75) is 13.3 Å². The Labute approximate surface area is 68.8 Å². The van der Waals surface area contributed by atoms with Crippen LogP contribution in [0.25, 0.3) is 5.65 Å². The van der Waals surface area contributed by atoms with E-state index in [1.807, 2.05) is 6.92 Å². The Morgan fingerprint density at radius 3 is 3.25 bits per heavy atom. The van der Waals surface area contributed by atoms with Gasteiger partial charge in [-0.25, -0.2) is 4.52 Å². The van der Waals surface area contributed by atoms with Gasteiger partial charge in [0.15, 0.2) is 0 Å². The summed E-state index contributed by atoms with van der Waals surface area (Å²) >= 11 is 0. The minimum Gasteiger partial charge on any atom is -0.307 e. The Morgan fingerprint density at radius 1 is 1.67 bits per heavy atom. The van der Waals surface area contributed by atoms with Gasteiger partial charge in [-0.1, -0.05) is 6.92 Å². The predicted octanol–water partition coefficient (Wildman–Crippen LogP) is 0.585. The zero-order valence-electron chi connectivity index (χ0n) is 6.74. The number of aromatic nitrogens is 3. The van der Waals surface area contributed by atoms with Crippen LogP contribution < -0.4 is 5.56 Å². The minimum atomic E-state index is -0.0855. The van der Waals surface area contributed by atoms with Crippen LogP contribution in [-0.2, 0) is 6.42 Å². The SMILES string of the molecule is CCc1cnn2ccc(=O)[nH]c12. The average Bonchev–Trinajstić information content (AvgIpc) is 2.46. The lowest BCUT2D eigenvalue weighted by atomic mass is 10.3. The second-order valence-corrected chi connectivity index (χ2v) is 2.62. The third-order valence-electron chi connectivity index (χ3n) is 1.86. The first-order valence-corrected chi connectivity index (χ1v) is 3.87. The van der Waals surface area contributed by atoms with Gasteiger partial charge in [0.25, 0.3) is 5.56 Å². The van der Waals surface area contributed by atoms with Gasteiger partial charge < -0.3 is 4.98 Å². The first-order valence-electron chi connectivity index (χ1n) is 3.87. The molecule has 0 bridgehead atoms. The molecule has 0 aliphatic heterocycles. The summed E-state index contributed by atoms with van der Waals surface area (Å²) in [5.41, 5.74) is 1.77. The second kappa shape index (κ2) is 2.48. The highest BCUT2D eigenvalue weighted by Crippen LogP contribution is 2.04. The van der Waals surface area contributed by atoms with Crippen LogP contribution in [0.4, 0.5) is 0 Å². The van der Waals surface area contributed by atoms with Crippen LogP contribution in [0.15, 0.2) is 23.3 Å². The zero-order valence-corrected chi connectivity index (χ0v) is 6.74. The lowest BCUT2D eigenvalue weighted by Gasteiger charge is -1.92. The third kappa shape index (κ3) is 0.922. The average molecular weight is 163 g/mol. The van der Waals surface area contributed by atoms with Crippen molar-refractivity contribution in [2.75, 3.05) is 0 Å². The molecule has 4 heteroatoms. The molecule has 0 saturated heterocycles. The number of hydrogen-bond acceptors (Lipinski definition) is 2. The molecule has 0 aliphatic carbocycles. The van der Waals surface area contributed by atoms with E-state index in [1.165, 1.54) is 6.07 Å². The molecule has 1 N–H and O–H groups in total. The molecule has 0 fully saturated rings. The van der Waals surface area contributed by atoms with Gasteiger partial charge in [0.05, 0.1) is 6.20 Å². The minimum absolute atomic E-state index is 0.0855. The second-order valence-electron chi connectivity index (χ2n) is 2.62. The fourth-order valence-electron chi connectivity index (χ4n) is 1.20. The fraction of sp³-hybridized carbons (Fsp3) is 0.250. The molecule has 2 aromatic rings. The molecule has 4 nitrogen and oxygen atoms in total. The maximum Gasteiger partial charge on any atom is 0.251 e. The molecule has 62 valence electrons. The Kier molecular flexibility index (Phi) is 1.46. The van der Waals surface area contributed by atoms with Gasteiger partial charge in [-0.2, -0.15) is 5.10 Å². The lowest BCUT2D eigenvalue weighted by Crippen LogP contribution is -2.06. The molecule has 0 radical (unpaired) electrons. The van der Waals surface area contributed by atoms with E-state index < -0.39 is 0 Å². The van der Waals surface area contributed by atoms with Crippen molar-refractivity contribution in [3.05, 3.63) is 34.4 Å². The first-order chi connectivity index (χ1) is 5.81. The molecule has 0 aliphatic rings. The van der Waals surface area contributed by atoms with Crippen molar-refractivity contribution in [1.82, 2.24) is 14.6 Å². The van der Waals surface area contributed by atoms with Gasteiger partial charge in [0, 0.05) is 17.8 Å². The summed E-state index contributed by atoms with van der Waals surface area (Å²) in [6, 6.07) is 1.46. The van der Waals surface area contributed by atoms with Crippen LogP contribution in [0.5, 0.6) is 0 Å². The lowest BCUT2D eigenvalue weighted by molar-refractivity contribution is 0.930. The van der Waals surface area contributed by atoms with Crippen LogP contribution in [-0.4, -0.2) is 14.6 Å². The number of aromatic amines is 1. The molecule has 2 heterocycles. The normalized spacial score (nSPS) is 10.8. The van der Waals surface area contributed by atoms with Gasteiger partial charge in [-0.3, -0.25) is 4.79 Å². The number of aryl methyl sites for hydroxylation is 1. The molecule has 0 spiro atoms. The smallest absolute Gasteiger partial charge is 0.251 e. The number of hydrogen-bond donors (Lipinski definition) is 1. The summed E-state index contributed by atoms with van der Waals surface area (Å²) < 4.78 is 1.67. The highest BCUT2D eigenvalue weighted by atomic mass is 16.1. The predicted molar refractivity (Wildman–Crippen MR) is 45.2 cm³/mol. The van der Waals surface area contributed by atoms with Crippen LogP contribution in [0, 0.1) is 0 Å². The number of rotatable bonds is 1. The van der Waals surface area contributed by atoms with Crippen molar-refractivity contribution < 1.29 is 0 Å². The maximum atomic E-state index is 11.0. The van der Waals surface area contributed by atoms with Crippen LogP contribution in [0.3, 0.4) is 0 Å². The van der Waals surface area contributed by atoms with Crippen molar-refractivity contribution in [3.63, 3.8) is 0 Å². The Morgan fingerprint density at radius 2 is 2.50 bits per heavy atom. The monoisotopic (exact) mass is 163 g/mol. The number of H-pyrrole nitrogens is 1. The first kappa shape index (κ1) is 7.09. The molecular formula is C8H9N3O. The molecule has 0 aromatic carbocycles. The zero-order chi connectivity index (χ0) is 8.55. The Hall–Kier alpha value is -1.58.